The third-order valence-corrected chi connectivity index (χ3v) is 2.82. The van der Waals surface area contributed by atoms with Crippen molar-refractivity contribution >= 4 is 0 Å². The Kier molecular flexibility index (Phi) is 4.85. The van der Waals surface area contributed by atoms with E-state index in [-0.39, 0.29) is 5.79 Å². The minimum absolute atomic E-state index is 0.327. The van der Waals surface area contributed by atoms with E-state index in [2.05, 4.69) is 13.8 Å². The number of hydrogen-bond acceptors (Lipinski definition) is 2. The van der Waals surface area contributed by atoms with Crippen LogP contribution in [0.1, 0.15) is 58.8 Å². The summed E-state index contributed by atoms with van der Waals surface area (Å²) < 4.78 is 11.0. The average Bonchev–Trinajstić information content (AvgIpc) is 2.67. The van der Waals surface area contributed by atoms with Crippen LogP contribution in [0.5, 0.6) is 0 Å². The van der Waals surface area contributed by atoms with Crippen molar-refractivity contribution in [1.82, 2.24) is 0 Å². The zero-order valence-corrected chi connectivity index (χ0v) is 9.42. The highest BCUT2D eigenvalue weighted by Crippen LogP contribution is 2.29. The smallest absolute Gasteiger partial charge is 0.249 e. The molecule has 1 rings (SSSR count). The highest BCUT2D eigenvalue weighted by molar-refractivity contribution is 4.82. The quantitative estimate of drug-likeness (QED) is 0.576. The molecule has 1 heterocycles. The summed E-state index contributed by atoms with van der Waals surface area (Å²) in [6.07, 6.45) is 11.7. The Balaban J connectivity index is 2.09. The third kappa shape index (κ3) is 3.24. The van der Waals surface area contributed by atoms with Gasteiger partial charge in [0, 0.05) is 12.8 Å². The summed E-state index contributed by atoms with van der Waals surface area (Å²) >= 11 is 0. The molecule has 82 valence electrons. The van der Waals surface area contributed by atoms with Gasteiger partial charge in [0.15, 0.2) is 0 Å². The summed E-state index contributed by atoms with van der Waals surface area (Å²) in [4.78, 5) is 0. The van der Waals surface area contributed by atoms with Crippen LogP contribution in [0.15, 0.2) is 12.5 Å². The van der Waals surface area contributed by atoms with Crippen LogP contribution >= 0.6 is 0 Å². The predicted octanol–water partition coefficient (Wildman–Crippen LogP) is 3.97. The van der Waals surface area contributed by atoms with E-state index in [1.807, 2.05) is 0 Å². The molecule has 1 aliphatic rings. The maximum atomic E-state index is 5.49. The average molecular weight is 198 g/mol. The standard InChI is InChI=1S/C12H22O2/c1-3-5-6-7-8-9-12(4-2)13-10-11-14-12/h10-11H,3-9H2,1-2H3. The van der Waals surface area contributed by atoms with E-state index in [0.717, 1.165) is 12.8 Å². The first kappa shape index (κ1) is 11.4. The van der Waals surface area contributed by atoms with Gasteiger partial charge in [0.1, 0.15) is 12.5 Å². The van der Waals surface area contributed by atoms with Crippen molar-refractivity contribution in [1.29, 1.82) is 0 Å². The summed E-state index contributed by atoms with van der Waals surface area (Å²) in [5.41, 5.74) is 0. The number of ether oxygens (including phenoxy) is 2. The van der Waals surface area contributed by atoms with Crippen LogP contribution in [-0.2, 0) is 9.47 Å². The summed E-state index contributed by atoms with van der Waals surface area (Å²) in [6.45, 7) is 4.35. The lowest BCUT2D eigenvalue weighted by Crippen LogP contribution is -2.28. The predicted molar refractivity (Wildman–Crippen MR) is 57.7 cm³/mol. The van der Waals surface area contributed by atoms with E-state index in [9.17, 15) is 0 Å². The fourth-order valence-corrected chi connectivity index (χ4v) is 1.79. The van der Waals surface area contributed by atoms with E-state index in [1.54, 1.807) is 12.5 Å². The Hall–Kier alpha value is -0.660. The molecule has 0 amide bonds. The van der Waals surface area contributed by atoms with Crippen molar-refractivity contribution in [3.63, 3.8) is 0 Å². The van der Waals surface area contributed by atoms with Crippen molar-refractivity contribution in [2.75, 3.05) is 0 Å². The molecule has 0 N–H and O–H groups in total. The highest BCUT2D eigenvalue weighted by atomic mass is 16.7. The van der Waals surface area contributed by atoms with Gasteiger partial charge in [-0.1, -0.05) is 39.5 Å². The molecule has 1 aliphatic heterocycles. The molecular formula is C12H22O2. The second-order valence-electron chi connectivity index (χ2n) is 3.94. The second kappa shape index (κ2) is 5.94. The first-order valence-electron chi connectivity index (χ1n) is 5.83. The van der Waals surface area contributed by atoms with Crippen LogP contribution in [0.25, 0.3) is 0 Å². The molecule has 0 atom stereocenters. The van der Waals surface area contributed by atoms with Crippen molar-refractivity contribution in [2.24, 2.45) is 0 Å². The molecule has 0 fully saturated rings. The highest BCUT2D eigenvalue weighted by Gasteiger charge is 2.32. The van der Waals surface area contributed by atoms with Crippen molar-refractivity contribution in [2.45, 2.75) is 64.6 Å². The summed E-state index contributed by atoms with van der Waals surface area (Å²) in [6, 6.07) is 0. The molecule has 0 saturated heterocycles. The monoisotopic (exact) mass is 198 g/mol. The summed E-state index contributed by atoms with van der Waals surface area (Å²) in [5.74, 6) is -0.327. The SMILES string of the molecule is CCCCCCCC1(CC)OC=CO1. The summed E-state index contributed by atoms with van der Waals surface area (Å²) in [7, 11) is 0. The summed E-state index contributed by atoms with van der Waals surface area (Å²) in [5, 5.41) is 0. The molecule has 0 aromatic heterocycles. The lowest BCUT2D eigenvalue weighted by atomic mass is 10.0. The maximum Gasteiger partial charge on any atom is 0.249 e. The fourth-order valence-electron chi connectivity index (χ4n) is 1.79. The number of hydrogen-bond donors (Lipinski definition) is 0. The molecule has 0 radical (unpaired) electrons. The van der Waals surface area contributed by atoms with Crippen LogP contribution < -0.4 is 0 Å². The zero-order chi connectivity index (χ0) is 10.3. The molecule has 0 bridgehead atoms. The van der Waals surface area contributed by atoms with Crippen LogP contribution in [0.4, 0.5) is 0 Å². The molecule has 0 spiro atoms. The first-order chi connectivity index (χ1) is 6.83. The van der Waals surface area contributed by atoms with Crippen molar-refractivity contribution in [3.8, 4) is 0 Å². The number of rotatable bonds is 7. The third-order valence-electron chi connectivity index (χ3n) is 2.82. The Bertz CT molecular complexity index is 167. The topological polar surface area (TPSA) is 18.5 Å². The Labute approximate surface area is 87.3 Å². The van der Waals surface area contributed by atoms with Gasteiger partial charge in [0.25, 0.3) is 0 Å². The van der Waals surface area contributed by atoms with E-state index in [4.69, 9.17) is 9.47 Å². The largest absolute Gasteiger partial charge is 0.457 e. The lowest BCUT2D eigenvalue weighted by Gasteiger charge is -2.26. The molecule has 0 aliphatic carbocycles. The molecule has 2 nitrogen and oxygen atoms in total. The van der Waals surface area contributed by atoms with E-state index < -0.39 is 0 Å². The van der Waals surface area contributed by atoms with Gasteiger partial charge in [-0.3, -0.25) is 0 Å². The minimum Gasteiger partial charge on any atom is -0.457 e. The zero-order valence-electron chi connectivity index (χ0n) is 9.42. The maximum absolute atomic E-state index is 5.49. The Morgan fingerprint density at radius 1 is 0.929 bits per heavy atom. The molecule has 0 unspecified atom stereocenters. The molecular weight excluding hydrogens is 176 g/mol. The molecule has 0 aromatic rings. The van der Waals surface area contributed by atoms with Crippen LogP contribution in [0, 0.1) is 0 Å². The molecule has 14 heavy (non-hydrogen) atoms. The Morgan fingerprint density at radius 3 is 2.14 bits per heavy atom. The van der Waals surface area contributed by atoms with Gasteiger partial charge in [-0.2, -0.15) is 0 Å². The Morgan fingerprint density at radius 2 is 1.57 bits per heavy atom. The normalized spacial score (nSPS) is 17.9. The van der Waals surface area contributed by atoms with E-state index >= 15 is 0 Å². The minimum atomic E-state index is -0.327. The number of unbranched alkanes of at least 4 members (excludes halogenated alkanes) is 4. The van der Waals surface area contributed by atoms with Crippen LogP contribution in [0.3, 0.4) is 0 Å². The van der Waals surface area contributed by atoms with Crippen LogP contribution in [0.2, 0.25) is 0 Å². The van der Waals surface area contributed by atoms with E-state index in [1.165, 1.54) is 32.1 Å². The van der Waals surface area contributed by atoms with Gasteiger partial charge in [-0.05, 0) is 6.42 Å². The van der Waals surface area contributed by atoms with Gasteiger partial charge in [-0.25, -0.2) is 0 Å². The van der Waals surface area contributed by atoms with E-state index in [0.29, 0.717) is 0 Å². The molecule has 0 saturated carbocycles. The first-order valence-corrected chi connectivity index (χ1v) is 5.83. The molecule has 0 aromatic carbocycles. The second-order valence-corrected chi connectivity index (χ2v) is 3.94. The van der Waals surface area contributed by atoms with Crippen molar-refractivity contribution < 1.29 is 9.47 Å². The van der Waals surface area contributed by atoms with Gasteiger partial charge in [0.05, 0.1) is 0 Å². The van der Waals surface area contributed by atoms with Crippen molar-refractivity contribution in [3.05, 3.63) is 12.5 Å². The van der Waals surface area contributed by atoms with Crippen LogP contribution in [-0.4, -0.2) is 5.79 Å². The molecule has 2 heteroatoms. The fraction of sp³-hybridized carbons (Fsp3) is 0.833. The van der Waals surface area contributed by atoms with Gasteiger partial charge < -0.3 is 9.47 Å². The van der Waals surface area contributed by atoms with Gasteiger partial charge >= 0.3 is 0 Å². The van der Waals surface area contributed by atoms with Gasteiger partial charge in [-0.15, -0.1) is 0 Å². The lowest BCUT2D eigenvalue weighted by molar-refractivity contribution is -0.149. The van der Waals surface area contributed by atoms with Gasteiger partial charge in [0.2, 0.25) is 5.79 Å².